The molecule has 0 radical (unpaired) electrons. The van der Waals surface area contributed by atoms with Crippen molar-refractivity contribution in [2.45, 2.75) is 33.6 Å². The molecule has 1 amide bonds. The Bertz CT molecular complexity index is 401. The molecule has 0 fully saturated rings. The average molecular weight is 269 g/mol. The van der Waals surface area contributed by atoms with E-state index in [0.717, 1.165) is 17.1 Å². The van der Waals surface area contributed by atoms with Crippen molar-refractivity contribution >= 4 is 17.2 Å². The molecule has 0 bridgehead atoms. The van der Waals surface area contributed by atoms with Gasteiger partial charge in [-0.1, -0.05) is 20.8 Å². The summed E-state index contributed by atoms with van der Waals surface area (Å²) in [5, 5.41) is 3.06. The van der Waals surface area contributed by atoms with E-state index in [1.54, 1.807) is 16.2 Å². The lowest BCUT2D eigenvalue weighted by Gasteiger charge is -2.28. The van der Waals surface area contributed by atoms with Crippen molar-refractivity contribution in [1.29, 1.82) is 0 Å². The predicted molar refractivity (Wildman–Crippen MR) is 75.7 cm³/mol. The fourth-order valence-corrected chi connectivity index (χ4v) is 2.42. The largest absolute Gasteiger partial charge is 0.345 e. The number of rotatable bonds is 6. The van der Waals surface area contributed by atoms with Crippen molar-refractivity contribution in [3.8, 4) is 0 Å². The number of nitrogens with two attached hydrogens (primary N) is 1. The molecule has 1 rings (SSSR count). The molecule has 102 valence electrons. The lowest BCUT2D eigenvalue weighted by Crippen LogP contribution is -2.40. The minimum Gasteiger partial charge on any atom is -0.345 e. The second-order valence-electron chi connectivity index (χ2n) is 5.38. The van der Waals surface area contributed by atoms with Gasteiger partial charge < -0.3 is 10.6 Å². The van der Waals surface area contributed by atoms with Crippen LogP contribution in [0.15, 0.2) is 5.38 Å². The number of aryl methyl sites for hydroxylation is 1. The summed E-state index contributed by atoms with van der Waals surface area (Å²) in [6.07, 6.45) is 1.31. The summed E-state index contributed by atoms with van der Waals surface area (Å²) in [6, 6.07) is 0. The highest BCUT2D eigenvalue weighted by molar-refractivity contribution is 7.09. The van der Waals surface area contributed by atoms with Gasteiger partial charge in [0.15, 0.2) is 0 Å². The number of nitrogens with zero attached hydrogens (tertiary/aromatic N) is 2. The molecule has 0 spiro atoms. The van der Waals surface area contributed by atoms with Crippen molar-refractivity contribution in [1.82, 2.24) is 9.88 Å². The first-order valence-electron chi connectivity index (χ1n) is 6.25. The summed E-state index contributed by atoms with van der Waals surface area (Å²) in [6.45, 7) is 7.44. The fraction of sp³-hybridized carbons (Fsp3) is 0.692. The van der Waals surface area contributed by atoms with E-state index in [-0.39, 0.29) is 11.3 Å². The second-order valence-corrected chi connectivity index (χ2v) is 6.32. The summed E-state index contributed by atoms with van der Waals surface area (Å²) in [5.74, 6) is 0.101. The van der Waals surface area contributed by atoms with Crippen molar-refractivity contribution in [3.63, 3.8) is 0 Å². The highest BCUT2D eigenvalue weighted by Crippen LogP contribution is 2.15. The number of amides is 1. The zero-order valence-electron chi connectivity index (χ0n) is 11.7. The zero-order chi connectivity index (χ0) is 13.8. The number of hydrogen-bond acceptors (Lipinski definition) is 4. The Balaban J connectivity index is 2.54. The third-order valence-corrected chi connectivity index (χ3v) is 3.92. The number of thiazole rings is 1. The minimum absolute atomic E-state index is 0.0406. The van der Waals surface area contributed by atoms with Crippen molar-refractivity contribution in [2.75, 3.05) is 20.1 Å². The van der Waals surface area contributed by atoms with Crippen molar-refractivity contribution in [2.24, 2.45) is 11.1 Å². The molecule has 0 aliphatic heterocycles. The van der Waals surface area contributed by atoms with Gasteiger partial charge in [-0.25, -0.2) is 4.98 Å². The van der Waals surface area contributed by atoms with Crippen LogP contribution >= 0.6 is 11.3 Å². The Kier molecular flexibility index (Phi) is 5.28. The first-order valence-corrected chi connectivity index (χ1v) is 7.13. The van der Waals surface area contributed by atoms with Crippen molar-refractivity contribution in [3.05, 3.63) is 16.1 Å². The lowest BCUT2D eigenvalue weighted by atomic mass is 9.93. The van der Waals surface area contributed by atoms with Gasteiger partial charge in [0.05, 0.1) is 17.1 Å². The quantitative estimate of drug-likeness (QED) is 0.855. The van der Waals surface area contributed by atoms with Crippen LogP contribution < -0.4 is 5.73 Å². The zero-order valence-corrected chi connectivity index (χ0v) is 12.5. The van der Waals surface area contributed by atoms with Crippen LogP contribution in [0.3, 0.4) is 0 Å². The maximum Gasteiger partial charge on any atom is 0.228 e. The number of aromatic nitrogens is 1. The van der Waals surface area contributed by atoms with E-state index in [1.165, 1.54) is 0 Å². The van der Waals surface area contributed by atoms with Gasteiger partial charge in [-0.15, -0.1) is 11.3 Å². The summed E-state index contributed by atoms with van der Waals surface area (Å²) >= 11 is 1.62. The Morgan fingerprint density at radius 1 is 1.56 bits per heavy atom. The van der Waals surface area contributed by atoms with Crippen LogP contribution in [0.25, 0.3) is 0 Å². The van der Waals surface area contributed by atoms with Gasteiger partial charge in [-0.05, 0) is 18.4 Å². The van der Waals surface area contributed by atoms with Crippen LogP contribution in [0.4, 0.5) is 0 Å². The standard InChI is InChI=1S/C13H23N3OS/c1-5-11-15-10(7-18-11)6-12(17)16(4)9-13(2,3)8-14/h7H,5-6,8-9,14H2,1-4H3. The highest BCUT2D eigenvalue weighted by atomic mass is 32.1. The second kappa shape index (κ2) is 6.29. The first kappa shape index (κ1) is 15.1. The molecule has 0 aliphatic carbocycles. The molecule has 0 aliphatic rings. The first-order chi connectivity index (χ1) is 8.38. The lowest BCUT2D eigenvalue weighted by molar-refractivity contribution is -0.130. The SMILES string of the molecule is CCc1nc(CC(=O)N(C)CC(C)(C)CN)cs1. The predicted octanol–water partition coefficient (Wildman–Crippen LogP) is 1.69. The van der Waals surface area contributed by atoms with E-state index in [1.807, 2.05) is 12.4 Å². The Labute approximate surface area is 113 Å². The number of carbonyl (C=O) groups excluding carboxylic acids is 1. The minimum atomic E-state index is -0.0406. The van der Waals surface area contributed by atoms with E-state index in [9.17, 15) is 4.79 Å². The molecular weight excluding hydrogens is 246 g/mol. The van der Waals surface area contributed by atoms with Crippen LogP contribution in [-0.2, 0) is 17.6 Å². The molecular formula is C13H23N3OS. The van der Waals surface area contributed by atoms with Gasteiger partial charge in [0.1, 0.15) is 0 Å². The van der Waals surface area contributed by atoms with Crippen LogP contribution in [0.2, 0.25) is 0 Å². The molecule has 1 heterocycles. The summed E-state index contributed by atoms with van der Waals surface area (Å²) < 4.78 is 0. The van der Waals surface area contributed by atoms with Crippen LogP contribution in [0.1, 0.15) is 31.5 Å². The van der Waals surface area contributed by atoms with Crippen LogP contribution in [0.5, 0.6) is 0 Å². The van der Waals surface area contributed by atoms with E-state index >= 15 is 0 Å². The fourth-order valence-electron chi connectivity index (χ4n) is 1.68. The molecule has 0 saturated carbocycles. The number of hydrogen-bond donors (Lipinski definition) is 1. The molecule has 0 saturated heterocycles. The maximum atomic E-state index is 12.1. The smallest absolute Gasteiger partial charge is 0.228 e. The van der Waals surface area contributed by atoms with Crippen LogP contribution in [-0.4, -0.2) is 35.9 Å². The molecule has 0 aromatic carbocycles. The van der Waals surface area contributed by atoms with Gasteiger partial charge >= 0.3 is 0 Å². The van der Waals surface area contributed by atoms with Gasteiger partial charge in [-0.2, -0.15) is 0 Å². The normalized spacial score (nSPS) is 11.6. The van der Waals surface area contributed by atoms with E-state index in [0.29, 0.717) is 19.5 Å². The van der Waals surface area contributed by atoms with Gasteiger partial charge in [0.25, 0.3) is 0 Å². The van der Waals surface area contributed by atoms with E-state index < -0.39 is 0 Å². The molecule has 0 unspecified atom stereocenters. The third kappa shape index (κ3) is 4.38. The van der Waals surface area contributed by atoms with Gasteiger partial charge in [0.2, 0.25) is 5.91 Å². The highest BCUT2D eigenvalue weighted by Gasteiger charge is 2.21. The summed E-state index contributed by atoms with van der Waals surface area (Å²) in [7, 11) is 1.83. The summed E-state index contributed by atoms with van der Waals surface area (Å²) in [5.41, 5.74) is 6.51. The molecule has 2 N–H and O–H groups in total. The van der Waals surface area contributed by atoms with E-state index in [2.05, 4.69) is 25.8 Å². The molecule has 1 aromatic rings. The van der Waals surface area contributed by atoms with Gasteiger partial charge in [-0.3, -0.25) is 4.79 Å². The van der Waals surface area contributed by atoms with E-state index in [4.69, 9.17) is 5.73 Å². The molecule has 1 aromatic heterocycles. The van der Waals surface area contributed by atoms with Gasteiger partial charge in [0, 0.05) is 19.0 Å². The Morgan fingerprint density at radius 3 is 2.72 bits per heavy atom. The topological polar surface area (TPSA) is 59.2 Å². The Hall–Kier alpha value is -0.940. The monoisotopic (exact) mass is 269 g/mol. The summed E-state index contributed by atoms with van der Waals surface area (Å²) in [4.78, 5) is 18.2. The third-order valence-electron chi connectivity index (χ3n) is 2.88. The average Bonchev–Trinajstić information content (AvgIpc) is 2.76. The van der Waals surface area contributed by atoms with Crippen molar-refractivity contribution < 1.29 is 4.79 Å². The molecule has 4 nitrogen and oxygen atoms in total. The Morgan fingerprint density at radius 2 is 2.22 bits per heavy atom. The number of likely N-dealkylation sites (N-methyl/N-ethyl adjacent to an activating group) is 1. The molecule has 0 atom stereocenters. The number of carbonyl (C=O) groups is 1. The maximum absolute atomic E-state index is 12.1. The molecule has 18 heavy (non-hydrogen) atoms. The van der Waals surface area contributed by atoms with Crippen LogP contribution in [0, 0.1) is 5.41 Å². The molecule has 5 heteroatoms.